The molecule has 0 amide bonds. The minimum Gasteiger partial charge on any atom is -0.394 e. The number of benzene rings is 1. The SMILES string of the molecule is OCC1(c2ccccc2Cl)CCCCN1. The lowest BCUT2D eigenvalue weighted by Crippen LogP contribution is -2.48. The van der Waals surface area contributed by atoms with Crippen LogP contribution >= 0.6 is 11.6 Å². The standard InChI is InChI=1S/C12H16ClNO/c13-11-6-2-1-5-10(11)12(9-15)7-3-4-8-14-12/h1-2,5-6,14-15H,3-4,7-9H2. The highest BCUT2D eigenvalue weighted by molar-refractivity contribution is 6.31. The van der Waals surface area contributed by atoms with Crippen molar-refractivity contribution in [2.24, 2.45) is 0 Å². The predicted octanol–water partition coefficient (Wildman–Crippen LogP) is 2.30. The predicted molar refractivity (Wildman–Crippen MR) is 62.1 cm³/mol. The van der Waals surface area contributed by atoms with Gasteiger partial charge in [0.25, 0.3) is 0 Å². The highest BCUT2D eigenvalue weighted by Gasteiger charge is 2.34. The minimum absolute atomic E-state index is 0.108. The summed E-state index contributed by atoms with van der Waals surface area (Å²) in [5.41, 5.74) is 0.699. The zero-order valence-corrected chi connectivity index (χ0v) is 9.43. The molecule has 0 radical (unpaired) electrons. The van der Waals surface area contributed by atoms with Crippen molar-refractivity contribution < 1.29 is 5.11 Å². The molecule has 15 heavy (non-hydrogen) atoms. The van der Waals surface area contributed by atoms with Crippen LogP contribution in [0.4, 0.5) is 0 Å². The molecule has 0 aliphatic carbocycles. The van der Waals surface area contributed by atoms with Crippen LogP contribution < -0.4 is 5.32 Å². The fraction of sp³-hybridized carbons (Fsp3) is 0.500. The van der Waals surface area contributed by atoms with Crippen molar-refractivity contribution in [2.45, 2.75) is 24.8 Å². The molecule has 3 heteroatoms. The molecule has 1 unspecified atom stereocenters. The molecule has 1 aliphatic rings. The number of nitrogens with one attached hydrogen (secondary N) is 1. The highest BCUT2D eigenvalue weighted by Crippen LogP contribution is 2.34. The monoisotopic (exact) mass is 225 g/mol. The van der Waals surface area contributed by atoms with Gasteiger partial charge in [-0.15, -0.1) is 0 Å². The molecule has 1 atom stereocenters. The second-order valence-corrected chi connectivity index (χ2v) is 4.51. The Kier molecular flexibility index (Phi) is 3.29. The van der Waals surface area contributed by atoms with E-state index in [1.54, 1.807) is 0 Å². The largest absolute Gasteiger partial charge is 0.394 e. The van der Waals surface area contributed by atoms with Crippen molar-refractivity contribution in [2.75, 3.05) is 13.2 Å². The first kappa shape index (κ1) is 10.9. The summed E-state index contributed by atoms with van der Waals surface area (Å²) in [5.74, 6) is 0. The maximum atomic E-state index is 9.60. The molecule has 0 spiro atoms. The maximum absolute atomic E-state index is 9.60. The Morgan fingerprint density at radius 3 is 2.73 bits per heavy atom. The van der Waals surface area contributed by atoms with Crippen LogP contribution in [0, 0.1) is 0 Å². The lowest BCUT2D eigenvalue weighted by atomic mass is 9.83. The topological polar surface area (TPSA) is 32.3 Å². The van der Waals surface area contributed by atoms with Gasteiger partial charge < -0.3 is 10.4 Å². The van der Waals surface area contributed by atoms with E-state index in [1.807, 2.05) is 24.3 Å². The quantitative estimate of drug-likeness (QED) is 0.810. The molecule has 1 aromatic rings. The van der Waals surface area contributed by atoms with Crippen LogP contribution in [0.3, 0.4) is 0 Å². The van der Waals surface area contributed by atoms with E-state index in [2.05, 4.69) is 5.32 Å². The average Bonchev–Trinajstić information content (AvgIpc) is 2.30. The summed E-state index contributed by atoms with van der Waals surface area (Å²) < 4.78 is 0. The van der Waals surface area contributed by atoms with E-state index in [0.29, 0.717) is 0 Å². The van der Waals surface area contributed by atoms with E-state index in [9.17, 15) is 5.11 Å². The van der Waals surface area contributed by atoms with Crippen LogP contribution in [0.25, 0.3) is 0 Å². The molecule has 1 fully saturated rings. The lowest BCUT2D eigenvalue weighted by Gasteiger charge is -2.37. The number of rotatable bonds is 2. The fourth-order valence-corrected chi connectivity index (χ4v) is 2.58. The number of piperidine rings is 1. The summed E-state index contributed by atoms with van der Waals surface area (Å²) in [4.78, 5) is 0. The first-order chi connectivity index (χ1) is 7.28. The third-order valence-electron chi connectivity index (χ3n) is 3.15. The van der Waals surface area contributed by atoms with Crippen molar-refractivity contribution in [3.8, 4) is 0 Å². The van der Waals surface area contributed by atoms with E-state index < -0.39 is 0 Å². The smallest absolute Gasteiger partial charge is 0.0683 e. The van der Waals surface area contributed by atoms with E-state index in [1.165, 1.54) is 6.42 Å². The number of aliphatic hydroxyl groups excluding tert-OH is 1. The summed E-state index contributed by atoms with van der Waals surface area (Å²) >= 11 is 6.17. The molecule has 0 saturated carbocycles. The number of hydrogen-bond donors (Lipinski definition) is 2. The molecule has 82 valence electrons. The third kappa shape index (κ3) is 2.03. The molecule has 2 nitrogen and oxygen atoms in total. The highest BCUT2D eigenvalue weighted by atomic mass is 35.5. The number of hydrogen-bond acceptors (Lipinski definition) is 2. The Hall–Kier alpha value is -0.570. The van der Waals surface area contributed by atoms with Crippen LogP contribution in [0.5, 0.6) is 0 Å². The minimum atomic E-state index is -0.323. The van der Waals surface area contributed by atoms with Gasteiger partial charge >= 0.3 is 0 Å². The van der Waals surface area contributed by atoms with Crippen molar-refractivity contribution >= 4 is 11.6 Å². The molecule has 2 N–H and O–H groups in total. The molecule has 0 bridgehead atoms. The van der Waals surface area contributed by atoms with Gasteiger partial charge in [-0.3, -0.25) is 0 Å². The van der Waals surface area contributed by atoms with Crippen LogP contribution in [0.2, 0.25) is 5.02 Å². The van der Waals surface area contributed by atoms with Gasteiger partial charge in [-0.05, 0) is 37.4 Å². The van der Waals surface area contributed by atoms with Crippen LogP contribution in [0.1, 0.15) is 24.8 Å². The van der Waals surface area contributed by atoms with Crippen molar-refractivity contribution in [1.82, 2.24) is 5.32 Å². The Balaban J connectivity index is 2.36. The Labute approximate surface area is 95.3 Å². The third-order valence-corrected chi connectivity index (χ3v) is 3.48. The van der Waals surface area contributed by atoms with Gasteiger partial charge in [0.05, 0.1) is 12.1 Å². The first-order valence-electron chi connectivity index (χ1n) is 5.39. The van der Waals surface area contributed by atoms with Gasteiger partial charge in [0, 0.05) is 5.02 Å². The Morgan fingerprint density at radius 1 is 1.33 bits per heavy atom. The van der Waals surface area contributed by atoms with Crippen LogP contribution in [0.15, 0.2) is 24.3 Å². The van der Waals surface area contributed by atoms with E-state index in [-0.39, 0.29) is 12.1 Å². The molecular formula is C12H16ClNO. The maximum Gasteiger partial charge on any atom is 0.0683 e. The van der Waals surface area contributed by atoms with Crippen molar-refractivity contribution in [3.05, 3.63) is 34.9 Å². The van der Waals surface area contributed by atoms with Crippen molar-refractivity contribution in [3.63, 3.8) is 0 Å². The van der Waals surface area contributed by atoms with Gasteiger partial charge in [-0.1, -0.05) is 29.8 Å². The van der Waals surface area contributed by atoms with Gasteiger partial charge in [0.1, 0.15) is 0 Å². The van der Waals surface area contributed by atoms with Crippen LogP contribution in [-0.2, 0) is 5.54 Å². The van der Waals surface area contributed by atoms with Gasteiger partial charge in [-0.25, -0.2) is 0 Å². The van der Waals surface area contributed by atoms with Gasteiger partial charge in [-0.2, -0.15) is 0 Å². The van der Waals surface area contributed by atoms with Gasteiger partial charge in [0.2, 0.25) is 0 Å². The summed E-state index contributed by atoms with van der Waals surface area (Å²) in [5, 5.41) is 13.7. The van der Waals surface area contributed by atoms with Gasteiger partial charge in [0.15, 0.2) is 0 Å². The Morgan fingerprint density at radius 2 is 2.13 bits per heavy atom. The van der Waals surface area contributed by atoms with E-state index >= 15 is 0 Å². The summed E-state index contributed by atoms with van der Waals surface area (Å²) in [6.45, 7) is 1.06. The molecule has 1 aromatic carbocycles. The van der Waals surface area contributed by atoms with Crippen molar-refractivity contribution in [1.29, 1.82) is 0 Å². The summed E-state index contributed by atoms with van der Waals surface area (Å²) in [6, 6.07) is 7.76. The molecule has 1 heterocycles. The molecular weight excluding hydrogens is 210 g/mol. The zero-order chi connectivity index (χ0) is 10.7. The molecule has 2 rings (SSSR count). The first-order valence-corrected chi connectivity index (χ1v) is 5.77. The lowest BCUT2D eigenvalue weighted by molar-refractivity contribution is 0.131. The second kappa shape index (κ2) is 4.52. The average molecular weight is 226 g/mol. The summed E-state index contributed by atoms with van der Waals surface area (Å²) in [6.07, 6.45) is 3.26. The molecule has 1 saturated heterocycles. The summed E-state index contributed by atoms with van der Waals surface area (Å²) in [7, 11) is 0. The molecule has 0 aromatic heterocycles. The normalized spacial score (nSPS) is 26.5. The molecule has 1 aliphatic heterocycles. The van der Waals surface area contributed by atoms with E-state index in [4.69, 9.17) is 11.6 Å². The van der Waals surface area contributed by atoms with Crippen LogP contribution in [-0.4, -0.2) is 18.3 Å². The second-order valence-electron chi connectivity index (χ2n) is 4.10. The van der Waals surface area contributed by atoms with E-state index in [0.717, 1.165) is 30.0 Å². The number of aliphatic hydroxyl groups is 1. The fourth-order valence-electron chi connectivity index (χ4n) is 2.27. The Bertz CT molecular complexity index is 334. The number of halogens is 1. The zero-order valence-electron chi connectivity index (χ0n) is 8.67.